The van der Waals surface area contributed by atoms with Gasteiger partial charge < -0.3 is 24.8 Å². The first-order chi connectivity index (χ1) is 19.5. The van der Waals surface area contributed by atoms with Gasteiger partial charge in [0, 0.05) is 64.6 Å². The molecule has 6 rings (SSSR count). The van der Waals surface area contributed by atoms with E-state index < -0.39 is 5.54 Å². The summed E-state index contributed by atoms with van der Waals surface area (Å²) in [6.45, 7) is 5.10. The molecule has 40 heavy (non-hydrogen) atoms. The third-order valence-electron chi connectivity index (χ3n) is 7.64. The molecule has 0 aromatic carbocycles. The van der Waals surface area contributed by atoms with Crippen LogP contribution in [0.25, 0.3) is 5.65 Å². The first kappa shape index (κ1) is 25.6. The Labute approximate surface area is 231 Å². The number of piperazine rings is 1. The molecule has 2 fully saturated rings. The molecule has 4 aromatic rings. The molecule has 0 atom stereocenters. The Morgan fingerprint density at radius 2 is 2.00 bits per heavy atom. The molecule has 0 unspecified atom stereocenters. The van der Waals surface area contributed by atoms with Gasteiger partial charge in [-0.1, -0.05) is 0 Å². The van der Waals surface area contributed by atoms with Gasteiger partial charge in [-0.05, 0) is 19.2 Å². The number of nitriles is 1. The molecule has 0 aliphatic carbocycles. The first-order valence-corrected chi connectivity index (χ1v) is 13.3. The Bertz CT molecular complexity index is 1530. The van der Waals surface area contributed by atoms with Gasteiger partial charge >= 0.3 is 0 Å². The zero-order valence-electron chi connectivity index (χ0n) is 22.6. The number of nitrogens with zero attached hydrogens (tertiary/aromatic N) is 11. The van der Waals surface area contributed by atoms with E-state index in [1.54, 1.807) is 28.7 Å². The van der Waals surface area contributed by atoms with Crippen LogP contribution in [0, 0.1) is 11.3 Å². The van der Waals surface area contributed by atoms with Crippen molar-refractivity contribution in [2.24, 2.45) is 0 Å². The van der Waals surface area contributed by atoms with Crippen LogP contribution in [0.15, 0.2) is 43.1 Å². The van der Waals surface area contributed by atoms with Gasteiger partial charge in [0.25, 0.3) is 0 Å². The van der Waals surface area contributed by atoms with E-state index in [-0.39, 0.29) is 5.91 Å². The summed E-state index contributed by atoms with van der Waals surface area (Å²) in [5.74, 6) is 1.27. The van der Waals surface area contributed by atoms with E-state index in [9.17, 15) is 10.1 Å². The van der Waals surface area contributed by atoms with E-state index in [4.69, 9.17) is 9.72 Å². The molecular weight excluding hydrogens is 512 g/mol. The quantitative estimate of drug-likeness (QED) is 0.327. The number of aryl methyl sites for hydroxylation is 1. The number of fused-ring (bicyclic) bond motifs is 1. The number of rotatable bonds is 9. The van der Waals surface area contributed by atoms with E-state index in [1.165, 1.54) is 0 Å². The summed E-state index contributed by atoms with van der Waals surface area (Å²) in [7, 11) is 3.68. The van der Waals surface area contributed by atoms with E-state index in [0.29, 0.717) is 49.8 Å². The van der Waals surface area contributed by atoms with Crippen molar-refractivity contribution in [1.29, 1.82) is 5.26 Å². The predicted molar refractivity (Wildman–Crippen MR) is 146 cm³/mol. The van der Waals surface area contributed by atoms with E-state index >= 15 is 0 Å². The molecule has 0 bridgehead atoms. The number of carbonyl (C=O) groups is 1. The number of hydrogen-bond donors (Lipinski definition) is 1. The van der Waals surface area contributed by atoms with Crippen molar-refractivity contribution in [2.45, 2.75) is 24.9 Å². The first-order valence-electron chi connectivity index (χ1n) is 13.3. The number of anilines is 3. The summed E-state index contributed by atoms with van der Waals surface area (Å²) < 4.78 is 10.6. The van der Waals surface area contributed by atoms with Crippen LogP contribution in [0.4, 0.5) is 17.3 Å². The number of nitrogens with one attached hydrogen (secondary N) is 1. The highest BCUT2D eigenvalue weighted by Crippen LogP contribution is 2.38. The standard InChI is InChI=1S/C26H32N12O2/c1-33-10-12-34(13-11-33)23(39)5-9-36-16-20(14-28-36)30-25-31-24-22(4-3-8-37(24)32-25)35-18-26(19-35,6-7-27)38-17-21(40-2)15-29-38/h3-4,8,14-17H,5-6,9-13,18-19H2,1-2H3,(H,30,32). The normalized spacial score (nSPS) is 17.0. The molecule has 1 amide bonds. The Morgan fingerprint density at radius 1 is 1.18 bits per heavy atom. The second kappa shape index (κ2) is 10.5. The summed E-state index contributed by atoms with van der Waals surface area (Å²) in [5.41, 5.74) is 1.95. The molecule has 1 N–H and O–H groups in total. The van der Waals surface area contributed by atoms with Gasteiger partial charge in [-0.15, -0.1) is 5.10 Å². The van der Waals surface area contributed by atoms with Crippen molar-refractivity contribution in [3.63, 3.8) is 0 Å². The smallest absolute Gasteiger partial charge is 0.247 e. The average Bonchev–Trinajstić information content (AvgIpc) is 3.69. The van der Waals surface area contributed by atoms with Gasteiger partial charge in [0.05, 0.1) is 49.6 Å². The molecule has 4 aromatic heterocycles. The second-order valence-corrected chi connectivity index (χ2v) is 10.4. The maximum Gasteiger partial charge on any atom is 0.247 e. The molecule has 2 aliphatic heterocycles. The molecule has 0 saturated carbocycles. The number of likely N-dealkylation sites (N-methyl/N-ethyl adjacent to an activating group) is 1. The number of carbonyl (C=O) groups excluding carboxylic acids is 1. The van der Waals surface area contributed by atoms with Crippen LogP contribution in [-0.2, 0) is 16.9 Å². The lowest BCUT2D eigenvalue weighted by Gasteiger charge is -2.50. The highest BCUT2D eigenvalue weighted by atomic mass is 16.5. The maximum absolute atomic E-state index is 12.6. The molecule has 2 saturated heterocycles. The predicted octanol–water partition coefficient (Wildman–Crippen LogP) is 1.17. The van der Waals surface area contributed by atoms with Crippen LogP contribution in [0.2, 0.25) is 0 Å². The number of hydrogen-bond acceptors (Lipinski definition) is 10. The lowest BCUT2D eigenvalue weighted by molar-refractivity contribution is -0.133. The van der Waals surface area contributed by atoms with Crippen molar-refractivity contribution in [2.75, 3.05) is 63.6 Å². The van der Waals surface area contributed by atoms with E-state index in [2.05, 4.69) is 43.5 Å². The lowest BCUT2D eigenvalue weighted by Crippen LogP contribution is -2.63. The fraction of sp³-hybridized carbons (Fsp3) is 0.462. The summed E-state index contributed by atoms with van der Waals surface area (Å²) in [6, 6.07) is 6.24. The third-order valence-corrected chi connectivity index (χ3v) is 7.64. The average molecular weight is 545 g/mol. The Balaban J connectivity index is 1.11. The molecule has 14 nitrogen and oxygen atoms in total. The maximum atomic E-state index is 12.6. The molecular formula is C26H32N12O2. The fourth-order valence-corrected chi connectivity index (χ4v) is 5.29. The van der Waals surface area contributed by atoms with Crippen molar-refractivity contribution < 1.29 is 9.53 Å². The number of ether oxygens (including phenoxy) is 1. The van der Waals surface area contributed by atoms with Gasteiger partial charge in [-0.3, -0.25) is 14.2 Å². The third kappa shape index (κ3) is 4.91. The zero-order valence-corrected chi connectivity index (χ0v) is 22.6. The van der Waals surface area contributed by atoms with Crippen LogP contribution in [0.1, 0.15) is 12.8 Å². The van der Waals surface area contributed by atoms with Crippen LogP contribution in [0.5, 0.6) is 5.75 Å². The highest BCUT2D eigenvalue weighted by Gasteiger charge is 2.46. The number of methoxy groups -OCH3 is 1. The molecule has 0 spiro atoms. The minimum absolute atomic E-state index is 0.157. The van der Waals surface area contributed by atoms with Gasteiger partial charge in [-0.25, -0.2) is 4.52 Å². The van der Waals surface area contributed by atoms with Gasteiger partial charge in [-0.2, -0.15) is 20.4 Å². The van der Waals surface area contributed by atoms with Crippen molar-refractivity contribution in [3.05, 3.63) is 43.1 Å². The Hall–Kier alpha value is -4.64. The minimum Gasteiger partial charge on any atom is -0.493 e. The summed E-state index contributed by atoms with van der Waals surface area (Å²) >= 11 is 0. The Morgan fingerprint density at radius 3 is 2.75 bits per heavy atom. The van der Waals surface area contributed by atoms with Crippen LogP contribution >= 0.6 is 0 Å². The van der Waals surface area contributed by atoms with Crippen LogP contribution in [-0.4, -0.2) is 103 Å². The van der Waals surface area contributed by atoms with E-state index in [0.717, 1.165) is 37.6 Å². The van der Waals surface area contributed by atoms with E-state index in [1.807, 2.05) is 40.3 Å². The van der Waals surface area contributed by atoms with Crippen molar-refractivity contribution in [3.8, 4) is 11.8 Å². The number of pyridine rings is 1. The molecule has 0 radical (unpaired) electrons. The monoisotopic (exact) mass is 544 g/mol. The van der Waals surface area contributed by atoms with Crippen molar-refractivity contribution in [1.82, 2.24) is 44.0 Å². The lowest BCUT2D eigenvalue weighted by atomic mass is 9.86. The summed E-state index contributed by atoms with van der Waals surface area (Å²) in [5, 5.41) is 26.1. The van der Waals surface area contributed by atoms with Gasteiger partial charge in [0.2, 0.25) is 11.9 Å². The Kier molecular flexibility index (Phi) is 6.72. The van der Waals surface area contributed by atoms with Gasteiger partial charge in [0.15, 0.2) is 11.4 Å². The van der Waals surface area contributed by atoms with Crippen LogP contribution in [0.3, 0.4) is 0 Å². The molecule has 14 heteroatoms. The second-order valence-electron chi connectivity index (χ2n) is 10.4. The van der Waals surface area contributed by atoms with Gasteiger partial charge in [0.1, 0.15) is 5.54 Å². The molecule has 6 heterocycles. The minimum atomic E-state index is -0.431. The molecule has 208 valence electrons. The fourth-order valence-electron chi connectivity index (χ4n) is 5.29. The van der Waals surface area contributed by atoms with Crippen molar-refractivity contribution >= 4 is 28.9 Å². The summed E-state index contributed by atoms with van der Waals surface area (Å²) in [4.78, 5) is 23.6. The topological polar surface area (TPSA) is 138 Å². The number of aromatic nitrogens is 7. The SMILES string of the molecule is COc1cnn(C2(CC#N)CN(c3cccn4nc(Nc5cnn(CCC(=O)N6CCN(C)CC6)c5)nc34)C2)c1. The largest absolute Gasteiger partial charge is 0.493 e. The number of amides is 1. The van der Waals surface area contributed by atoms with Crippen LogP contribution < -0.4 is 15.0 Å². The molecule has 2 aliphatic rings. The summed E-state index contributed by atoms with van der Waals surface area (Å²) in [6.07, 6.45) is 9.65. The highest BCUT2D eigenvalue weighted by molar-refractivity contribution is 5.76. The zero-order chi connectivity index (χ0) is 27.7.